The highest BCUT2D eigenvalue weighted by Gasteiger charge is 2.23. The van der Waals surface area contributed by atoms with E-state index < -0.39 is 0 Å². The maximum Gasteiger partial charge on any atom is 0.274 e. The second-order valence-corrected chi connectivity index (χ2v) is 9.53. The Morgan fingerprint density at radius 3 is 2.45 bits per heavy atom. The van der Waals surface area contributed by atoms with Crippen LogP contribution in [0.25, 0.3) is 10.2 Å². The van der Waals surface area contributed by atoms with E-state index in [-0.39, 0.29) is 23.8 Å². The zero-order valence-corrected chi connectivity index (χ0v) is 20.5. The molecule has 6 nitrogen and oxygen atoms in total. The van der Waals surface area contributed by atoms with E-state index in [1.165, 1.54) is 0 Å². The Hall–Kier alpha value is -2.48. The van der Waals surface area contributed by atoms with E-state index in [9.17, 15) is 4.79 Å². The highest BCUT2D eigenvalue weighted by molar-refractivity contribution is 7.20. The zero-order valence-electron chi connectivity index (χ0n) is 19.7. The van der Waals surface area contributed by atoms with E-state index in [4.69, 9.17) is 14.3 Å². The Morgan fingerprint density at radius 1 is 0.970 bits per heavy atom. The van der Waals surface area contributed by atoms with Gasteiger partial charge in [-0.15, -0.1) is 0 Å². The molecule has 3 rings (SSSR count). The number of nitrogens with zero attached hydrogens (tertiary/aromatic N) is 1. The second-order valence-electron chi connectivity index (χ2n) is 8.53. The molecule has 0 bridgehead atoms. The molecule has 1 heterocycles. The van der Waals surface area contributed by atoms with Crippen molar-refractivity contribution in [2.45, 2.75) is 46.1 Å². The summed E-state index contributed by atoms with van der Waals surface area (Å²) in [6.45, 7) is 8.22. The summed E-state index contributed by atoms with van der Waals surface area (Å²) in [7, 11) is 0. The number of unbranched alkanes of at least 4 members (excludes halogenated alkanes) is 2. The van der Waals surface area contributed by atoms with Crippen LogP contribution < -0.4 is 10.2 Å². The van der Waals surface area contributed by atoms with Gasteiger partial charge in [0.2, 0.25) is 0 Å². The van der Waals surface area contributed by atoms with Gasteiger partial charge in [0.1, 0.15) is 0 Å². The molecule has 2 unspecified atom stereocenters. The van der Waals surface area contributed by atoms with E-state index in [0.717, 1.165) is 34.7 Å². The van der Waals surface area contributed by atoms with E-state index in [0.29, 0.717) is 25.4 Å². The third kappa shape index (κ3) is 8.11. The first-order chi connectivity index (χ1) is 16.0. The minimum absolute atomic E-state index is 0.125. The summed E-state index contributed by atoms with van der Waals surface area (Å²) in [5.74, 6) is 0.171. The average Bonchev–Trinajstić information content (AvgIpc) is 3.24. The van der Waals surface area contributed by atoms with Crippen LogP contribution in [0.2, 0.25) is 0 Å². The standard InChI is InChI=1S/C26H34N2O4S/c1-19(2)24(32-28-25(29)21-12-6-4-7-13-21)20(3)18-30-16-10-5-11-17-31-26-27-22-14-8-9-15-23(22)33-26/h4,6-9,12-15,19-20,24H,5,10-11,16-18H2,1-3H3,(H,28,29). The van der Waals surface area contributed by atoms with Crippen LogP contribution in [-0.2, 0) is 9.57 Å². The van der Waals surface area contributed by atoms with Crippen LogP contribution in [0.1, 0.15) is 50.4 Å². The van der Waals surface area contributed by atoms with Crippen LogP contribution in [0.4, 0.5) is 0 Å². The molecular formula is C26H34N2O4S. The minimum atomic E-state index is -0.234. The number of ether oxygens (including phenoxy) is 2. The molecule has 0 radical (unpaired) electrons. The SMILES string of the molecule is CC(C)C(ONC(=O)c1ccccc1)C(C)COCCCCCOc1nc2ccccc2s1. The predicted octanol–water partition coefficient (Wildman–Crippen LogP) is 5.88. The van der Waals surface area contributed by atoms with Crippen molar-refractivity contribution in [3.63, 3.8) is 0 Å². The number of amides is 1. The lowest BCUT2D eigenvalue weighted by molar-refractivity contribution is -0.0788. The van der Waals surface area contributed by atoms with Gasteiger partial charge < -0.3 is 9.47 Å². The number of carbonyl (C=O) groups excluding carboxylic acids is 1. The van der Waals surface area contributed by atoms with Crippen molar-refractivity contribution in [2.24, 2.45) is 11.8 Å². The quantitative estimate of drug-likeness (QED) is 0.235. The summed E-state index contributed by atoms with van der Waals surface area (Å²) in [6, 6.07) is 17.1. The summed E-state index contributed by atoms with van der Waals surface area (Å²) in [5, 5.41) is 0.736. The van der Waals surface area contributed by atoms with Gasteiger partial charge in [-0.25, -0.2) is 10.5 Å². The highest BCUT2D eigenvalue weighted by Crippen LogP contribution is 2.27. The Morgan fingerprint density at radius 2 is 1.70 bits per heavy atom. The van der Waals surface area contributed by atoms with E-state index in [1.54, 1.807) is 23.5 Å². The molecule has 1 amide bonds. The lowest BCUT2D eigenvalue weighted by Crippen LogP contribution is -2.38. The molecule has 33 heavy (non-hydrogen) atoms. The van der Waals surface area contributed by atoms with Crippen molar-refractivity contribution >= 4 is 27.5 Å². The normalized spacial score (nSPS) is 13.2. The fourth-order valence-corrected chi connectivity index (χ4v) is 4.44. The average molecular weight is 471 g/mol. The summed E-state index contributed by atoms with van der Waals surface area (Å²) in [5.41, 5.74) is 4.16. The van der Waals surface area contributed by atoms with Crippen molar-refractivity contribution in [1.29, 1.82) is 0 Å². The second kappa shape index (κ2) is 13.3. The third-order valence-electron chi connectivity index (χ3n) is 5.36. The molecule has 2 atom stereocenters. The number of thiazole rings is 1. The number of hydrogen-bond donors (Lipinski definition) is 1. The number of fused-ring (bicyclic) bond motifs is 1. The molecule has 0 fully saturated rings. The van der Waals surface area contributed by atoms with Gasteiger partial charge in [-0.1, -0.05) is 62.4 Å². The smallest absolute Gasteiger partial charge is 0.274 e. The van der Waals surface area contributed by atoms with Gasteiger partial charge in [-0.2, -0.15) is 0 Å². The lowest BCUT2D eigenvalue weighted by atomic mass is 9.95. The summed E-state index contributed by atoms with van der Waals surface area (Å²) >= 11 is 1.59. The molecule has 1 aromatic heterocycles. The number of carbonyl (C=O) groups is 1. The number of hydroxylamine groups is 1. The summed E-state index contributed by atoms with van der Waals surface area (Å²) in [4.78, 5) is 22.5. The van der Waals surface area contributed by atoms with Crippen molar-refractivity contribution < 1.29 is 19.1 Å². The maximum atomic E-state index is 12.2. The summed E-state index contributed by atoms with van der Waals surface area (Å²) in [6.07, 6.45) is 2.86. The molecule has 0 spiro atoms. The topological polar surface area (TPSA) is 69.7 Å². The molecular weight excluding hydrogens is 436 g/mol. The molecule has 0 saturated heterocycles. The van der Waals surface area contributed by atoms with Crippen molar-refractivity contribution in [3.05, 3.63) is 60.2 Å². The number of rotatable bonds is 14. The van der Waals surface area contributed by atoms with Crippen molar-refractivity contribution in [1.82, 2.24) is 10.5 Å². The fraction of sp³-hybridized carbons (Fsp3) is 0.462. The molecule has 178 valence electrons. The molecule has 0 aliphatic heterocycles. The number of para-hydroxylation sites is 1. The zero-order chi connectivity index (χ0) is 23.5. The van der Waals surface area contributed by atoms with Crippen LogP contribution >= 0.6 is 11.3 Å². The van der Waals surface area contributed by atoms with Gasteiger partial charge in [-0.05, 0) is 49.4 Å². The van der Waals surface area contributed by atoms with Gasteiger partial charge in [-0.3, -0.25) is 9.63 Å². The lowest BCUT2D eigenvalue weighted by Gasteiger charge is -2.27. The maximum absolute atomic E-state index is 12.2. The minimum Gasteiger partial charge on any atom is -0.470 e. The number of hydrogen-bond acceptors (Lipinski definition) is 6. The number of benzene rings is 2. The Balaban J connectivity index is 1.27. The molecule has 1 N–H and O–H groups in total. The van der Waals surface area contributed by atoms with E-state index in [2.05, 4.69) is 37.3 Å². The van der Waals surface area contributed by atoms with Crippen molar-refractivity contribution in [2.75, 3.05) is 19.8 Å². The van der Waals surface area contributed by atoms with Gasteiger partial charge in [0.15, 0.2) is 0 Å². The first-order valence-electron chi connectivity index (χ1n) is 11.6. The van der Waals surface area contributed by atoms with Crippen LogP contribution in [0.5, 0.6) is 5.19 Å². The third-order valence-corrected chi connectivity index (χ3v) is 6.30. The van der Waals surface area contributed by atoms with Crippen molar-refractivity contribution in [3.8, 4) is 5.19 Å². The first-order valence-corrected chi connectivity index (χ1v) is 12.4. The van der Waals surface area contributed by atoms with Crippen LogP contribution in [0.15, 0.2) is 54.6 Å². The molecule has 0 aliphatic rings. The first kappa shape index (κ1) is 25.1. The molecule has 7 heteroatoms. The molecule has 2 aromatic carbocycles. The van der Waals surface area contributed by atoms with Gasteiger partial charge in [0.05, 0.1) is 29.5 Å². The number of nitrogens with one attached hydrogen (secondary N) is 1. The van der Waals surface area contributed by atoms with Crippen LogP contribution in [0.3, 0.4) is 0 Å². The Labute approximate surface area is 200 Å². The summed E-state index contributed by atoms with van der Waals surface area (Å²) < 4.78 is 12.8. The molecule has 3 aromatic rings. The highest BCUT2D eigenvalue weighted by atomic mass is 32.1. The fourth-order valence-electron chi connectivity index (χ4n) is 3.60. The molecule has 0 aliphatic carbocycles. The van der Waals surface area contributed by atoms with Gasteiger partial charge >= 0.3 is 0 Å². The van der Waals surface area contributed by atoms with Crippen LogP contribution in [0, 0.1) is 11.8 Å². The van der Waals surface area contributed by atoms with Gasteiger partial charge in [0, 0.05) is 18.1 Å². The van der Waals surface area contributed by atoms with E-state index in [1.807, 2.05) is 36.4 Å². The largest absolute Gasteiger partial charge is 0.470 e. The molecule has 0 saturated carbocycles. The Kier molecular flexibility index (Phi) is 10.1. The van der Waals surface area contributed by atoms with E-state index >= 15 is 0 Å². The monoisotopic (exact) mass is 470 g/mol. The van der Waals surface area contributed by atoms with Gasteiger partial charge in [0.25, 0.3) is 11.1 Å². The Bertz CT molecular complexity index is 944. The number of aromatic nitrogens is 1. The van der Waals surface area contributed by atoms with Crippen LogP contribution in [-0.4, -0.2) is 36.8 Å². The predicted molar refractivity (Wildman–Crippen MR) is 133 cm³/mol.